The van der Waals surface area contributed by atoms with Crippen LogP contribution in [0.2, 0.25) is 0 Å². The summed E-state index contributed by atoms with van der Waals surface area (Å²) in [6.07, 6.45) is 0. The molecular weight excluding hydrogens is 611 g/mol. The van der Waals surface area contributed by atoms with Gasteiger partial charge >= 0.3 is 0 Å². The van der Waals surface area contributed by atoms with Crippen LogP contribution in [0.5, 0.6) is 0 Å². The van der Waals surface area contributed by atoms with Gasteiger partial charge in [0, 0.05) is 32.8 Å². The smallest absolute Gasteiger partial charge is 0.101 e. The third-order valence-electron chi connectivity index (χ3n) is 9.63. The Balaban J connectivity index is 1.21. The molecule has 0 spiro atoms. The first-order chi connectivity index (χ1) is 24.7. The molecule has 0 amide bonds. The lowest BCUT2D eigenvalue weighted by molar-refractivity contribution is 1.16. The van der Waals surface area contributed by atoms with E-state index in [1.807, 2.05) is 53.1 Å². The minimum Gasteiger partial charge on any atom is -0.309 e. The fourth-order valence-corrected chi connectivity index (χ4v) is 7.44. The molecule has 0 saturated carbocycles. The standard InChI is InChI=1S/C45H25N5/c46-26-29-18-23-43-40(24-29)39-15-7-11-34(28-48)45(39)50(43)44-33(27-47)10-6-14-36(44)32-9-5-8-31(25-32)30-19-21-35(22-20-30)49-41-16-3-1-12-37(41)38-13-2-4-17-42(38)49/h1-25H. The zero-order chi connectivity index (χ0) is 33.8. The highest BCUT2D eigenvalue weighted by Gasteiger charge is 2.21. The molecule has 0 radical (unpaired) electrons. The van der Waals surface area contributed by atoms with Gasteiger partial charge in [-0.2, -0.15) is 15.8 Å². The van der Waals surface area contributed by atoms with Gasteiger partial charge in [-0.3, -0.25) is 0 Å². The van der Waals surface area contributed by atoms with E-state index < -0.39 is 0 Å². The third-order valence-corrected chi connectivity index (χ3v) is 9.63. The highest BCUT2D eigenvalue weighted by Crippen LogP contribution is 2.40. The Kier molecular flexibility index (Phi) is 6.56. The Morgan fingerprint density at radius 1 is 0.400 bits per heavy atom. The zero-order valence-corrected chi connectivity index (χ0v) is 26.7. The molecule has 2 aromatic heterocycles. The molecule has 7 aromatic carbocycles. The van der Waals surface area contributed by atoms with Gasteiger partial charge in [0.25, 0.3) is 0 Å². The van der Waals surface area contributed by atoms with E-state index in [1.54, 1.807) is 12.1 Å². The van der Waals surface area contributed by atoms with E-state index in [0.29, 0.717) is 27.9 Å². The second-order valence-electron chi connectivity index (χ2n) is 12.3. The van der Waals surface area contributed by atoms with E-state index >= 15 is 0 Å². The molecule has 0 N–H and O–H groups in total. The molecule has 2 heterocycles. The predicted octanol–water partition coefficient (Wildman–Crippen LogP) is 10.8. The Hall–Kier alpha value is -7.39. The molecule has 9 rings (SSSR count). The quantitative estimate of drug-likeness (QED) is 0.193. The molecular formula is C45H25N5. The van der Waals surface area contributed by atoms with Crippen molar-refractivity contribution in [1.29, 1.82) is 15.8 Å². The fourth-order valence-electron chi connectivity index (χ4n) is 7.44. The first-order valence-corrected chi connectivity index (χ1v) is 16.3. The first-order valence-electron chi connectivity index (χ1n) is 16.3. The van der Waals surface area contributed by atoms with Crippen LogP contribution in [-0.4, -0.2) is 9.13 Å². The summed E-state index contributed by atoms with van der Waals surface area (Å²) in [6, 6.07) is 57.9. The number of nitriles is 3. The van der Waals surface area contributed by atoms with Crippen LogP contribution in [0.1, 0.15) is 16.7 Å². The zero-order valence-electron chi connectivity index (χ0n) is 26.7. The maximum Gasteiger partial charge on any atom is 0.101 e. The Morgan fingerprint density at radius 2 is 1.02 bits per heavy atom. The van der Waals surface area contributed by atoms with Crippen molar-refractivity contribution < 1.29 is 0 Å². The van der Waals surface area contributed by atoms with Crippen molar-refractivity contribution in [2.24, 2.45) is 0 Å². The molecule has 0 aliphatic rings. The average molecular weight is 636 g/mol. The van der Waals surface area contributed by atoms with Gasteiger partial charge in [-0.1, -0.05) is 91.0 Å². The van der Waals surface area contributed by atoms with Crippen LogP contribution in [0.15, 0.2) is 152 Å². The number of hydrogen-bond donors (Lipinski definition) is 0. The van der Waals surface area contributed by atoms with E-state index in [1.165, 1.54) is 21.8 Å². The maximum atomic E-state index is 10.4. The summed E-state index contributed by atoms with van der Waals surface area (Å²) in [7, 11) is 0. The molecule has 0 fully saturated rings. The van der Waals surface area contributed by atoms with Crippen LogP contribution in [0.3, 0.4) is 0 Å². The predicted molar refractivity (Wildman–Crippen MR) is 200 cm³/mol. The number of rotatable bonds is 4. The van der Waals surface area contributed by atoms with Gasteiger partial charge in [-0.15, -0.1) is 0 Å². The number of benzene rings is 7. The average Bonchev–Trinajstić information content (AvgIpc) is 3.70. The fraction of sp³-hybridized carbons (Fsp3) is 0. The molecule has 0 aliphatic carbocycles. The number of hydrogen-bond acceptors (Lipinski definition) is 3. The SMILES string of the molecule is N#Cc1ccc2c(c1)c1cccc(C#N)c1n2-c1c(C#N)cccc1-c1cccc(-c2ccc(-n3c4ccccc4c4ccccc43)cc2)c1. The lowest BCUT2D eigenvalue weighted by Gasteiger charge is -2.17. The van der Waals surface area contributed by atoms with E-state index in [2.05, 4.69) is 114 Å². The summed E-state index contributed by atoms with van der Waals surface area (Å²) in [6.45, 7) is 0. The van der Waals surface area contributed by atoms with Crippen molar-refractivity contribution >= 4 is 43.6 Å². The Morgan fingerprint density at radius 3 is 1.74 bits per heavy atom. The summed E-state index contributed by atoms with van der Waals surface area (Å²) in [5.74, 6) is 0. The minimum absolute atomic E-state index is 0.485. The third kappa shape index (κ3) is 4.31. The van der Waals surface area contributed by atoms with Crippen LogP contribution in [-0.2, 0) is 0 Å². The summed E-state index contributed by atoms with van der Waals surface area (Å²) >= 11 is 0. The number of aromatic nitrogens is 2. The number of para-hydroxylation sites is 4. The lowest BCUT2D eigenvalue weighted by atomic mass is 9.96. The van der Waals surface area contributed by atoms with Gasteiger partial charge in [0.1, 0.15) is 12.1 Å². The van der Waals surface area contributed by atoms with Gasteiger partial charge in [0.05, 0.1) is 50.5 Å². The molecule has 230 valence electrons. The van der Waals surface area contributed by atoms with Crippen molar-refractivity contribution in [1.82, 2.24) is 9.13 Å². The maximum absolute atomic E-state index is 10.4. The highest BCUT2D eigenvalue weighted by atomic mass is 15.0. The molecule has 0 saturated heterocycles. The van der Waals surface area contributed by atoms with Gasteiger partial charge < -0.3 is 9.13 Å². The summed E-state index contributed by atoms with van der Waals surface area (Å²) in [5, 5.41) is 34.5. The molecule has 5 heteroatoms. The van der Waals surface area contributed by atoms with Crippen molar-refractivity contribution in [2.45, 2.75) is 0 Å². The molecule has 9 aromatic rings. The van der Waals surface area contributed by atoms with Crippen LogP contribution in [0, 0.1) is 34.0 Å². The summed E-state index contributed by atoms with van der Waals surface area (Å²) < 4.78 is 4.33. The summed E-state index contributed by atoms with van der Waals surface area (Å²) in [5.41, 5.74) is 11.1. The van der Waals surface area contributed by atoms with Gasteiger partial charge in [-0.25, -0.2) is 0 Å². The van der Waals surface area contributed by atoms with Crippen LogP contribution in [0.25, 0.3) is 77.2 Å². The van der Waals surface area contributed by atoms with E-state index in [-0.39, 0.29) is 0 Å². The molecule has 0 unspecified atom stereocenters. The molecule has 0 bridgehead atoms. The van der Waals surface area contributed by atoms with Gasteiger partial charge in [0.2, 0.25) is 0 Å². The van der Waals surface area contributed by atoms with Crippen molar-refractivity contribution in [3.8, 4) is 51.8 Å². The van der Waals surface area contributed by atoms with E-state index in [4.69, 9.17) is 0 Å². The normalized spacial score (nSPS) is 11.1. The minimum atomic E-state index is 0.485. The van der Waals surface area contributed by atoms with E-state index in [0.717, 1.165) is 44.2 Å². The van der Waals surface area contributed by atoms with Crippen LogP contribution < -0.4 is 0 Å². The monoisotopic (exact) mass is 635 g/mol. The first kappa shape index (κ1) is 28.8. The Bertz CT molecular complexity index is 2900. The second kappa shape index (κ2) is 11.4. The largest absolute Gasteiger partial charge is 0.309 e. The van der Waals surface area contributed by atoms with Crippen LogP contribution >= 0.6 is 0 Å². The van der Waals surface area contributed by atoms with Crippen molar-refractivity contribution in [3.63, 3.8) is 0 Å². The van der Waals surface area contributed by atoms with Gasteiger partial charge in [0.15, 0.2) is 0 Å². The summed E-state index contributed by atoms with van der Waals surface area (Å²) in [4.78, 5) is 0. The molecule has 0 atom stereocenters. The number of fused-ring (bicyclic) bond motifs is 6. The van der Waals surface area contributed by atoms with Crippen LogP contribution in [0.4, 0.5) is 0 Å². The molecule has 5 nitrogen and oxygen atoms in total. The number of nitrogens with zero attached hydrogens (tertiary/aromatic N) is 5. The van der Waals surface area contributed by atoms with E-state index in [9.17, 15) is 15.8 Å². The van der Waals surface area contributed by atoms with Crippen molar-refractivity contribution in [2.75, 3.05) is 0 Å². The van der Waals surface area contributed by atoms with Crippen molar-refractivity contribution in [3.05, 3.63) is 168 Å². The van der Waals surface area contributed by atoms with Gasteiger partial charge in [-0.05, 0) is 77.4 Å². The highest BCUT2D eigenvalue weighted by molar-refractivity contribution is 6.12. The molecule has 0 aliphatic heterocycles. The topological polar surface area (TPSA) is 81.2 Å². The second-order valence-corrected chi connectivity index (χ2v) is 12.3. The lowest BCUT2D eigenvalue weighted by Crippen LogP contribution is -2.02. The molecule has 50 heavy (non-hydrogen) atoms. The Labute approximate surface area is 287 Å².